The number of sulfonamides is 1. The highest BCUT2D eigenvalue weighted by Crippen LogP contribution is 2.37. The molecule has 2 atom stereocenters. The van der Waals surface area contributed by atoms with E-state index in [1.54, 1.807) is 6.07 Å². The summed E-state index contributed by atoms with van der Waals surface area (Å²) in [6.07, 6.45) is 1.50. The van der Waals surface area contributed by atoms with E-state index in [9.17, 15) is 18.0 Å². The number of carbonyl (C=O) groups is 2. The Morgan fingerprint density at radius 3 is 2.11 bits per heavy atom. The fraction of sp³-hybridized carbons (Fsp3) is 0.394. The summed E-state index contributed by atoms with van der Waals surface area (Å²) < 4.78 is 45.8. The number of rotatable bonds is 16. The van der Waals surface area contributed by atoms with Crippen LogP contribution in [0.15, 0.2) is 71.6 Å². The Hall–Kier alpha value is -3.96. The van der Waals surface area contributed by atoms with E-state index in [0.29, 0.717) is 25.0 Å². The molecule has 0 fully saturated rings. The minimum atomic E-state index is -4.42. The van der Waals surface area contributed by atoms with Crippen LogP contribution in [0, 0.1) is 0 Å². The summed E-state index contributed by atoms with van der Waals surface area (Å²) in [5.74, 6) is -0.149. The Bertz CT molecular complexity index is 1550. The molecule has 3 aromatic carbocycles. The number of anilines is 1. The number of ether oxygens (including phenoxy) is 3. The SMILES string of the molecule is CCC(C)NC(=O)C(CC)N(CCc1ccccc1)C(=O)CN(c1cc(Cl)ccc1OC)S(=O)(=O)c1ccc(OC)c(OC)c1. The van der Waals surface area contributed by atoms with Crippen LogP contribution in [0.2, 0.25) is 5.02 Å². The first-order valence-corrected chi connectivity index (χ1v) is 16.5. The van der Waals surface area contributed by atoms with E-state index in [-0.39, 0.29) is 45.6 Å². The maximum Gasteiger partial charge on any atom is 0.265 e. The lowest BCUT2D eigenvalue weighted by molar-refractivity contribution is -0.139. The third kappa shape index (κ3) is 8.82. The third-order valence-corrected chi connectivity index (χ3v) is 9.49. The highest BCUT2D eigenvalue weighted by Gasteiger charge is 2.35. The molecule has 2 unspecified atom stereocenters. The van der Waals surface area contributed by atoms with Crippen LogP contribution in [-0.2, 0) is 26.0 Å². The Morgan fingerprint density at radius 2 is 1.51 bits per heavy atom. The van der Waals surface area contributed by atoms with Crippen molar-refractivity contribution in [1.82, 2.24) is 10.2 Å². The quantitative estimate of drug-likeness (QED) is 0.221. The maximum atomic E-state index is 14.4. The number of benzene rings is 3. The van der Waals surface area contributed by atoms with Crippen LogP contribution in [0.1, 0.15) is 39.2 Å². The molecular formula is C33H42ClN3O7S. The molecule has 0 radical (unpaired) electrons. The van der Waals surface area contributed by atoms with E-state index < -0.39 is 28.5 Å². The minimum Gasteiger partial charge on any atom is -0.495 e. The molecule has 0 aliphatic carbocycles. The van der Waals surface area contributed by atoms with Crippen LogP contribution in [-0.4, -0.2) is 71.6 Å². The van der Waals surface area contributed by atoms with E-state index in [2.05, 4.69) is 5.32 Å². The number of carbonyl (C=O) groups excluding carboxylic acids is 2. The van der Waals surface area contributed by atoms with Gasteiger partial charge in [-0.2, -0.15) is 0 Å². The lowest BCUT2D eigenvalue weighted by Crippen LogP contribution is -2.54. The number of hydrogen-bond acceptors (Lipinski definition) is 7. The van der Waals surface area contributed by atoms with Gasteiger partial charge in [0.05, 0.1) is 31.9 Å². The monoisotopic (exact) mass is 659 g/mol. The molecule has 2 amide bonds. The van der Waals surface area contributed by atoms with E-state index >= 15 is 0 Å². The van der Waals surface area contributed by atoms with Gasteiger partial charge < -0.3 is 24.4 Å². The zero-order valence-electron chi connectivity index (χ0n) is 26.6. The summed E-state index contributed by atoms with van der Waals surface area (Å²) in [4.78, 5) is 29.1. The molecule has 244 valence electrons. The number of halogens is 1. The summed E-state index contributed by atoms with van der Waals surface area (Å²) in [6.45, 7) is 5.23. The molecule has 0 bridgehead atoms. The minimum absolute atomic E-state index is 0.0632. The molecule has 0 saturated heterocycles. The smallest absolute Gasteiger partial charge is 0.265 e. The lowest BCUT2D eigenvalue weighted by atomic mass is 10.1. The first-order chi connectivity index (χ1) is 21.5. The van der Waals surface area contributed by atoms with Gasteiger partial charge in [0.1, 0.15) is 18.3 Å². The molecule has 0 aliphatic rings. The van der Waals surface area contributed by atoms with Gasteiger partial charge in [-0.1, -0.05) is 55.8 Å². The van der Waals surface area contributed by atoms with Crippen molar-refractivity contribution < 1.29 is 32.2 Å². The molecule has 0 saturated carbocycles. The van der Waals surface area contributed by atoms with Crippen LogP contribution in [0.5, 0.6) is 17.2 Å². The predicted octanol–water partition coefficient (Wildman–Crippen LogP) is 5.33. The topological polar surface area (TPSA) is 114 Å². The average Bonchev–Trinajstić information content (AvgIpc) is 3.05. The summed E-state index contributed by atoms with van der Waals surface area (Å²) in [5, 5.41) is 3.22. The Labute approximate surface area is 271 Å². The summed E-state index contributed by atoms with van der Waals surface area (Å²) in [6, 6.07) is 17.3. The first-order valence-electron chi connectivity index (χ1n) is 14.7. The summed E-state index contributed by atoms with van der Waals surface area (Å²) in [5.41, 5.74) is 1.03. The van der Waals surface area contributed by atoms with Crippen LogP contribution < -0.4 is 23.8 Å². The Morgan fingerprint density at radius 1 is 0.867 bits per heavy atom. The van der Waals surface area contributed by atoms with Gasteiger partial charge in [-0.05, 0) is 62.1 Å². The van der Waals surface area contributed by atoms with E-state index in [0.717, 1.165) is 9.87 Å². The largest absolute Gasteiger partial charge is 0.495 e. The standard InChI is InChI=1S/C33H42ClN3O7S/c1-7-23(3)35-33(39)27(8-2)36(19-18-24-12-10-9-11-13-24)32(38)22-37(28-20-25(34)14-16-29(28)42-4)45(40,41)26-15-17-30(43-5)31(21-26)44-6/h9-17,20-21,23,27H,7-8,18-19,22H2,1-6H3,(H,35,39). The highest BCUT2D eigenvalue weighted by molar-refractivity contribution is 7.92. The van der Waals surface area contributed by atoms with Crippen LogP contribution in [0.25, 0.3) is 0 Å². The van der Waals surface area contributed by atoms with Crippen LogP contribution >= 0.6 is 11.6 Å². The predicted molar refractivity (Wildman–Crippen MR) is 176 cm³/mol. The van der Waals surface area contributed by atoms with Crippen molar-refractivity contribution in [3.63, 3.8) is 0 Å². The molecule has 0 spiro atoms. The zero-order valence-corrected chi connectivity index (χ0v) is 28.2. The number of methoxy groups -OCH3 is 3. The number of hydrogen-bond donors (Lipinski definition) is 1. The molecular weight excluding hydrogens is 618 g/mol. The van der Waals surface area contributed by atoms with Crippen molar-refractivity contribution in [2.75, 3.05) is 38.7 Å². The number of nitrogens with zero attached hydrogens (tertiary/aromatic N) is 2. The molecule has 45 heavy (non-hydrogen) atoms. The molecule has 0 heterocycles. The van der Waals surface area contributed by atoms with Crippen molar-refractivity contribution in [3.8, 4) is 17.2 Å². The molecule has 0 aliphatic heterocycles. The van der Waals surface area contributed by atoms with Gasteiger partial charge in [0, 0.05) is 23.7 Å². The molecule has 10 nitrogen and oxygen atoms in total. The highest BCUT2D eigenvalue weighted by atomic mass is 35.5. The first kappa shape index (κ1) is 35.5. The van der Waals surface area contributed by atoms with Crippen molar-refractivity contribution in [1.29, 1.82) is 0 Å². The fourth-order valence-corrected chi connectivity index (χ4v) is 6.41. The normalized spacial score (nSPS) is 12.5. The molecule has 1 N–H and O–H groups in total. The number of amides is 2. The van der Waals surface area contributed by atoms with Gasteiger partial charge in [-0.25, -0.2) is 8.42 Å². The van der Waals surface area contributed by atoms with Gasteiger partial charge in [0.15, 0.2) is 11.5 Å². The molecule has 3 rings (SSSR count). The van der Waals surface area contributed by atoms with Crippen molar-refractivity contribution in [2.24, 2.45) is 0 Å². The summed E-state index contributed by atoms with van der Waals surface area (Å²) in [7, 11) is -0.182. The second kappa shape index (κ2) is 16.4. The molecule has 0 aromatic heterocycles. The van der Waals surface area contributed by atoms with Gasteiger partial charge in [0.2, 0.25) is 11.8 Å². The van der Waals surface area contributed by atoms with Crippen LogP contribution in [0.3, 0.4) is 0 Å². The van der Waals surface area contributed by atoms with Gasteiger partial charge in [-0.15, -0.1) is 0 Å². The van der Waals surface area contributed by atoms with Crippen molar-refractivity contribution in [3.05, 3.63) is 77.3 Å². The maximum absolute atomic E-state index is 14.4. The third-order valence-electron chi connectivity index (χ3n) is 7.50. The number of nitrogens with one attached hydrogen (secondary N) is 1. The van der Waals surface area contributed by atoms with Gasteiger partial charge >= 0.3 is 0 Å². The van der Waals surface area contributed by atoms with E-state index in [1.165, 1.54) is 56.6 Å². The zero-order chi connectivity index (χ0) is 33.1. The van der Waals surface area contributed by atoms with Gasteiger partial charge in [-0.3, -0.25) is 13.9 Å². The average molecular weight is 660 g/mol. The second-order valence-corrected chi connectivity index (χ2v) is 12.7. The Balaban J connectivity index is 2.13. The van der Waals surface area contributed by atoms with Crippen molar-refractivity contribution >= 4 is 39.1 Å². The van der Waals surface area contributed by atoms with Crippen molar-refractivity contribution in [2.45, 2.75) is 57.0 Å². The fourth-order valence-electron chi connectivity index (χ4n) is 4.81. The van der Waals surface area contributed by atoms with E-state index in [1.807, 2.05) is 51.1 Å². The molecule has 12 heteroatoms. The Kier molecular flexibility index (Phi) is 12.9. The van der Waals surface area contributed by atoms with Gasteiger partial charge in [0.25, 0.3) is 10.0 Å². The lowest BCUT2D eigenvalue weighted by Gasteiger charge is -2.34. The van der Waals surface area contributed by atoms with Crippen LogP contribution in [0.4, 0.5) is 5.69 Å². The second-order valence-electron chi connectivity index (χ2n) is 10.4. The summed E-state index contributed by atoms with van der Waals surface area (Å²) >= 11 is 6.33. The molecule has 3 aromatic rings. The van der Waals surface area contributed by atoms with E-state index in [4.69, 9.17) is 25.8 Å².